The molecule has 0 spiro atoms. The lowest BCUT2D eigenvalue weighted by Gasteiger charge is -2.32. The minimum absolute atomic E-state index is 0.0619. The maximum absolute atomic E-state index is 13.1. The summed E-state index contributed by atoms with van der Waals surface area (Å²) < 4.78 is 24.1. The standard InChI is InChI=1S/C19H22FNO3/c1-23-19-7-6-16(10-18(19)22)24-12-14-11-21-9-8-17(14)13-2-4-15(20)5-3-13/h2-7,10,14,17,21-22H,8-9,11-12H2,1H3/t14-,17+/m1/s1. The van der Waals surface area contributed by atoms with Gasteiger partial charge in [0.1, 0.15) is 11.6 Å². The van der Waals surface area contributed by atoms with Crippen molar-refractivity contribution >= 4 is 0 Å². The first kappa shape index (κ1) is 16.6. The summed E-state index contributed by atoms with van der Waals surface area (Å²) in [7, 11) is 1.51. The van der Waals surface area contributed by atoms with Crippen LogP contribution in [0.4, 0.5) is 4.39 Å². The van der Waals surface area contributed by atoms with Gasteiger partial charge >= 0.3 is 0 Å². The largest absolute Gasteiger partial charge is 0.504 e. The molecule has 2 aromatic rings. The fourth-order valence-electron chi connectivity index (χ4n) is 3.21. The van der Waals surface area contributed by atoms with Crippen LogP contribution in [0.1, 0.15) is 17.9 Å². The number of nitrogens with one attached hydrogen (secondary N) is 1. The monoisotopic (exact) mass is 331 g/mol. The molecule has 0 aliphatic carbocycles. The zero-order valence-electron chi connectivity index (χ0n) is 13.7. The molecule has 0 saturated carbocycles. The van der Waals surface area contributed by atoms with Crippen molar-refractivity contribution in [3.8, 4) is 17.2 Å². The second-order valence-electron chi connectivity index (χ2n) is 6.06. The zero-order chi connectivity index (χ0) is 16.9. The Hall–Kier alpha value is -2.27. The van der Waals surface area contributed by atoms with Crippen LogP contribution < -0.4 is 14.8 Å². The van der Waals surface area contributed by atoms with E-state index in [0.717, 1.165) is 25.1 Å². The quantitative estimate of drug-likeness (QED) is 0.882. The van der Waals surface area contributed by atoms with Crippen molar-refractivity contribution in [1.82, 2.24) is 5.32 Å². The van der Waals surface area contributed by atoms with E-state index in [1.807, 2.05) is 12.1 Å². The Kier molecular flexibility index (Phi) is 5.20. The van der Waals surface area contributed by atoms with Crippen molar-refractivity contribution < 1.29 is 19.0 Å². The number of methoxy groups -OCH3 is 1. The number of piperidine rings is 1. The van der Waals surface area contributed by atoms with Crippen LogP contribution >= 0.6 is 0 Å². The van der Waals surface area contributed by atoms with Crippen LogP contribution in [0.25, 0.3) is 0 Å². The average molecular weight is 331 g/mol. The Morgan fingerprint density at radius 1 is 1.21 bits per heavy atom. The van der Waals surface area contributed by atoms with Gasteiger partial charge in [0.25, 0.3) is 0 Å². The third-order valence-corrected chi connectivity index (χ3v) is 4.52. The van der Waals surface area contributed by atoms with Crippen molar-refractivity contribution in [2.75, 3.05) is 26.8 Å². The lowest BCUT2D eigenvalue weighted by Crippen LogP contribution is -2.38. The number of phenols is 1. The molecule has 0 bridgehead atoms. The number of rotatable bonds is 5. The first-order chi connectivity index (χ1) is 11.7. The molecule has 1 fully saturated rings. The van der Waals surface area contributed by atoms with E-state index in [9.17, 15) is 9.50 Å². The van der Waals surface area contributed by atoms with E-state index in [0.29, 0.717) is 24.0 Å². The van der Waals surface area contributed by atoms with Crippen LogP contribution in [0.5, 0.6) is 17.2 Å². The molecule has 5 heteroatoms. The van der Waals surface area contributed by atoms with Crippen LogP contribution in [0, 0.1) is 11.7 Å². The third kappa shape index (κ3) is 3.79. The minimum Gasteiger partial charge on any atom is -0.504 e. The molecule has 0 radical (unpaired) electrons. The van der Waals surface area contributed by atoms with Gasteiger partial charge in [0, 0.05) is 18.5 Å². The maximum atomic E-state index is 13.1. The fourth-order valence-corrected chi connectivity index (χ4v) is 3.21. The molecule has 0 unspecified atom stereocenters. The van der Waals surface area contributed by atoms with Crippen molar-refractivity contribution in [2.24, 2.45) is 5.92 Å². The van der Waals surface area contributed by atoms with E-state index in [1.165, 1.54) is 19.2 Å². The summed E-state index contributed by atoms with van der Waals surface area (Å²) in [6.45, 7) is 2.33. The summed E-state index contributed by atoms with van der Waals surface area (Å²) in [5, 5.41) is 13.2. The van der Waals surface area contributed by atoms with Crippen molar-refractivity contribution in [3.63, 3.8) is 0 Å². The Labute approximate surface area is 141 Å². The highest BCUT2D eigenvalue weighted by atomic mass is 19.1. The summed E-state index contributed by atoms with van der Waals surface area (Å²) >= 11 is 0. The highest BCUT2D eigenvalue weighted by Crippen LogP contribution is 2.33. The van der Waals surface area contributed by atoms with Gasteiger partial charge in [-0.05, 0) is 48.7 Å². The third-order valence-electron chi connectivity index (χ3n) is 4.52. The Morgan fingerprint density at radius 2 is 2.00 bits per heavy atom. The number of hydrogen-bond acceptors (Lipinski definition) is 4. The number of aromatic hydroxyl groups is 1. The van der Waals surface area contributed by atoms with Gasteiger partial charge in [-0.2, -0.15) is 0 Å². The first-order valence-corrected chi connectivity index (χ1v) is 8.13. The SMILES string of the molecule is COc1ccc(OC[C@H]2CNCC[C@H]2c2ccc(F)cc2)cc1O. The number of ether oxygens (including phenoxy) is 2. The summed E-state index contributed by atoms with van der Waals surface area (Å²) in [5.41, 5.74) is 1.14. The van der Waals surface area contributed by atoms with Gasteiger partial charge in [-0.1, -0.05) is 12.1 Å². The van der Waals surface area contributed by atoms with Gasteiger partial charge in [0.15, 0.2) is 11.5 Å². The van der Waals surface area contributed by atoms with Gasteiger partial charge in [-0.15, -0.1) is 0 Å². The van der Waals surface area contributed by atoms with E-state index < -0.39 is 0 Å². The topological polar surface area (TPSA) is 50.7 Å². The number of halogens is 1. The summed E-state index contributed by atoms with van der Waals surface area (Å²) in [6, 6.07) is 11.8. The van der Waals surface area contributed by atoms with E-state index in [4.69, 9.17) is 9.47 Å². The van der Waals surface area contributed by atoms with Crippen LogP contribution in [-0.2, 0) is 0 Å². The number of hydrogen-bond donors (Lipinski definition) is 2. The molecular formula is C19H22FNO3. The van der Waals surface area contributed by atoms with Crippen molar-refractivity contribution in [3.05, 3.63) is 53.8 Å². The number of phenolic OH excluding ortho intramolecular Hbond substituents is 1. The van der Waals surface area contributed by atoms with Crippen LogP contribution in [0.15, 0.2) is 42.5 Å². The zero-order valence-corrected chi connectivity index (χ0v) is 13.7. The first-order valence-electron chi connectivity index (χ1n) is 8.13. The van der Waals surface area contributed by atoms with Crippen molar-refractivity contribution in [2.45, 2.75) is 12.3 Å². The molecule has 0 amide bonds. The molecule has 128 valence electrons. The van der Waals surface area contributed by atoms with E-state index in [-0.39, 0.29) is 17.5 Å². The highest BCUT2D eigenvalue weighted by Gasteiger charge is 2.27. The highest BCUT2D eigenvalue weighted by molar-refractivity contribution is 5.44. The average Bonchev–Trinajstić information content (AvgIpc) is 2.61. The predicted molar refractivity (Wildman–Crippen MR) is 90.3 cm³/mol. The second-order valence-corrected chi connectivity index (χ2v) is 6.06. The van der Waals surface area contributed by atoms with Crippen molar-refractivity contribution in [1.29, 1.82) is 0 Å². The number of benzene rings is 2. The smallest absolute Gasteiger partial charge is 0.161 e. The normalized spacial score (nSPS) is 20.6. The Morgan fingerprint density at radius 3 is 2.71 bits per heavy atom. The van der Waals surface area contributed by atoms with Gasteiger partial charge < -0.3 is 19.9 Å². The Bertz CT molecular complexity index is 675. The van der Waals surface area contributed by atoms with Crippen LogP contribution in [0.2, 0.25) is 0 Å². The van der Waals surface area contributed by atoms with Gasteiger partial charge in [0.05, 0.1) is 13.7 Å². The lowest BCUT2D eigenvalue weighted by molar-refractivity contribution is 0.196. The molecule has 1 aliphatic rings. The summed E-state index contributed by atoms with van der Waals surface area (Å²) in [6.07, 6.45) is 0.994. The maximum Gasteiger partial charge on any atom is 0.161 e. The molecule has 3 rings (SSSR count). The molecular weight excluding hydrogens is 309 g/mol. The fraction of sp³-hybridized carbons (Fsp3) is 0.368. The molecule has 2 N–H and O–H groups in total. The molecule has 2 atom stereocenters. The van der Waals surface area contributed by atoms with E-state index in [1.54, 1.807) is 18.2 Å². The molecule has 1 aliphatic heterocycles. The van der Waals surface area contributed by atoms with Gasteiger partial charge in [0.2, 0.25) is 0 Å². The minimum atomic E-state index is -0.214. The lowest BCUT2D eigenvalue weighted by atomic mass is 9.81. The second kappa shape index (κ2) is 7.53. The van der Waals surface area contributed by atoms with Crippen LogP contribution in [-0.4, -0.2) is 31.9 Å². The summed E-state index contributed by atoms with van der Waals surface area (Å²) in [5.74, 6) is 1.50. The van der Waals surface area contributed by atoms with E-state index >= 15 is 0 Å². The molecule has 1 saturated heterocycles. The summed E-state index contributed by atoms with van der Waals surface area (Å²) in [4.78, 5) is 0. The molecule has 2 aromatic carbocycles. The predicted octanol–water partition coefficient (Wildman–Crippen LogP) is 3.31. The Balaban J connectivity index is 1.68. The molecule has 24 heavy (non-hydrogen) atoms. The van der Waals surface area contributed by atoms with Crippen LogP contribution in [0.3, 0.4) is 0 Å². The molecule has 1 heterocycles. The van der Waals surface area contributed by atoms with E-state index in [2.05, 4.69) is 5.32 Å². The molecule has 0 aromatic heterocycles. The van der Waals surface area contributed by atoms with Gasteiger partial charge in [-0.25, -0.2) is 4.39 Å². The molecule has 4 nitrogen and oxygen atoms in total. The van der Waals surface area contributed by atoms with Gasteiger partial charge in [-0.3, -0.25) is 0 Å².